The number of ether oxygens (including phenoxy) is 1. The first-order valence-electron chi connectivity index (χ1n) is 7.50. The van der Waals surface area contributed by atoms with Crippen molar-refractivity contribution >= 4 is 0 Å². The Morgan fingerprint density at radius 2 is 2.19 bits per heavy atom. The lowest BCUT2D eigenvalue weighted by Gasteiger charge is -2.18. The maximum absolute atomic E-state index is 5.31. The van der Waals surface area contributed by atoms with Crippen LogP contribution < -0.4 is 10.1 Å². The lowest BCUT2D eigenvalue weighted by Crippen LogP contribution is -2.24. The van der Waals surface area contributed by atoms with Gasteiger partial charge < -0.3 is 10.1 Å². The van der Waals surface area contributed by atoms with Crippen LogP contribution in [0.5, 0.6) is 5.75 Å². The van der Waals surface area contributed by atoms with Gasteiger partial charge in [0.25, 0.3) is 0 Å². The number of nitrogens with one attached hydrogen (secondary N) is 1. The third-order valence-electron chi connectivity index (χ3n) is 3.64. The first-order chi connectivity index (χ1) is 10.1. The van der Waals surface area contributed by atoms with Crippen LogP contribution in [-0.4, -0.2) is 23.4 Å². The number of nitrogens with zero attached hydrogens (tertiary/aromatic N) is 2. The van der Waals surface area contributed by atoms with Crippen LogP contribution in [-0.2, 0) is 13.5 Å². The van der Waals surface area contributed by atoms with Crippen molar-refractivity contribution in [2.75, 3.05) is 13.7 Å². The number of methoxy groups -OCH3 is 1. The third kappa shape index (κ3) is 4.08. The predicted octanol–water partition coefficient (Wildman–Crippen LogP) is 3.02. The van der Waals surface area contributed by atoms with Crippen LogP contribution in [0.25, 0.3) is 0 Å². The van der Waals surface area contributed by atoms with Gasteiger partial charge in [-0.15, -0.1) is 0 Å². The highest BCUT2D eigenvalue weighted by Crippen LogP contribution is 2.23. The maximum Gasteiger partial charge on any atom is 0.119 e. The van der Waals surface area contributed by atoms with E-state index in [4.69, 9.17) is 4.74 Å². The fourth-order valence-corrected chi connectivity index (χ4v) is 2.61. The van der Waals surface area contributed by atoms with Gasteiger partial charge in [-0.05, 0) is 44.0 Å². The quantitative estimate of drug-likeness (QED) is 0.851. The van der Waals surface area contributed by atoms with Gasteiger partial charge >= 0.3 is 0 Å². The van der Waals surface area contributed by atoms with Crippen molar-refractivity contribution in [3.63, 3.8) is 0 Å². The molecule has 0 bridgehead atoms. The molecule has 0 saturated carbocycles. The van der Waals surface area contributed by atoms with Crippen LogP contribution in [0, 0.1) is 6.92 Å². The number of aryl methyl sites for hydroxylation is 2. The number of benzene rings is 1. The summed E-state index contributed by atoms with van der Waals surface area (Å²) in [6.07, 6.45) is 4.17. The second-order valence-corrected chi connectivity index (χ2v) is 5.41. The van der Waals surface area contributed by atoms with Gasteiger partial charge in [0.1, 0.15) is 5.75 Å². The van der Waals surface area contributed by atoms with Crippen LogP contribution in [0.4, 0.5) is 0 Å². The molecule has 4 heteroatoms. The Hall–Kier alpha value is -1.81. The van der Waals surface area contributed by atoms with Gasteiger partial charge in [-0.2, -0.15) is 5.10 Å². The lowest BCUT2D eigenvalue weighted by molar-refractivity contribution is 0.413. The van der Waals surface area contributed by atoms with Crippen molar-refractivity contribution in [2.24, 2.45) is 7.05 Å². The molecule has 0 saturated heterocycles. The number of rotatable bonds is 7. The molecular formula is C17H25N3O. The molecule has 0 aliphatic carbocycles. The Morgan fingerprint density at radius 1 is 1.38 bits per heavy atom. The SMILES string of the molecule is CCCNC(Cc1cccc(OC)c1)c1cn(C)nc1C. The fraction of sp³-hybridized carbons (Fsp3) is 0.471. The smallest absolute Gasteiger partial charge is 0.119 e. The lowest BCUT2D eigenvalue weighted by atomic mass is 9.99. The summed E-state index contributed by atoms with van der Waals surface area (Å²) >= 11 is 0. The molecule has 1 aromatic carbocycles. The summed E-state index contributed by atoms with van der Waals surface area (Å²) in [6.45, 7) is 5.26. The molecule has 2 aromatic rings. The van der Waals surface area contributed by atoms with Crippen molar-refractivity contribution in [2.45, 2.75) is 32.7 Å². The van der Waals surface area contributed by atoms with E-state index in [-0.39, 0.29) is 6.04 Å². The van der Waals surface area contributed by atoms with Crippen molar-refractivity contribution in [3.05, 3.63) is 47.3 Å². The molecule has 4 nitrogen and oxygen atoms in total. The highest BCUT2D eigenvalue weighted by molar-refractivity contribution is 5.31. The zero-order valence-corrected chi connectivity index (χ0v) is 13.4. The summed E-state index contributed by atoms with van der Waals surface area (Å²) in [7, 11) is 3.68. The van der Waals surface area contributed by atoms with Crippen LogP contribution in [0.1, 0.15) is 36.2 Å². The molecule has 1 unspecified atom stereocenters. The van der Waals surface area contributed by atoms with E-state index in [1.165, 1.54) is 11.1 Å². The van der Waals surface area contributed by atoms with Gasteiger partial charge in [0, 0.05) is 24.8 Å². The van der Waals surface area contributed by atoms with Gasteiger partial charge in [0.05, 0.1) is 12.8 Å². The summed E-state index contributed by atoms with van der Waals surface area (Å²) in [5.74, 6) is 0.907. The Balaban J connectivity index is 2.21. The van der Waals surface area contributed by atoms with E-state index >= 15 is 0 Å². The largest absolute Gasteiger partial charge is 0.497 e. The van der Waals surface area contributed by atoms with E-state index in [9.17, 15) is 0 Å². The predicted molar refractivity (Wildman–Crippen MR) is 85.7 cm³/mol. The van der Waals surface area contributed by atoms with E-state index in [2.05, 4.69) is 42.6 Å². The molecular weight excluding hydrogens is 262 g/mol. The molecule has 1 heterocycles. The van der Waals surface area contributed by atoms with E-state index in [1.54, 1.807) is 7.11 Å². The molecule has 0 spiro atoms. The van der Waals surface area contributed by atoms with E-state index in [0.29, 0.717) is 0 Å². The van der Waals surface area contributed by atoms with Crippen molar-refractivity contribution < 1.29 is 4.74 Å². The normalized spacial score (nSPS) is 12.4. The topological polar surface area (TPSA) is 39.1 Å². The van der Waals surface area contributed by atoms with E-state index in [0.717, 1.165) is 30.8 Å². The Bertz CT molecular complexity index is 577. The average Bonchev–Trinajstić information content (AvgIpc) is 2.82. The second kappa shape index (κ2) is 7.27. The fourth-order valence-electron chi connectivity index (χ4n) is 2.61. The van der Waals surface area contributed by atoms with E-state index in [1.807, 2.05) is 23.9 Å². The minimum Gasteiger partial charge on any atom is -0.497 e. The number of hydrogen-bond acceptors (Lipinski definition) is 3. The summed E-state index contributed by atoms with van der Waals surface area (Å²) in [5.41, 5.74) is 3.63. The first kappa shape index (κ1) is 15.6. The highest BCUT2D eigenvalue weighted by atomic mass is 16.5. The molecule has 1 atom stereocenters. The zero-order valence-electron chi connectivity index (χ0n) is 13.4. The van der Waals surface area contributed by atoms with Crippen molar-refractivity contribution in [1.82, 2.24) is 15.1 Å². The van der Waals surface area contributed by atoms with Crippen LogP contribution in [0.15, 0.2) is 30.5 Å². The molecule has 2 rings (SSSR count). The molecule has 21 heavy (non-hydrogen) atoms. The standard InChI is InChI=1S/C17H25N3O/c1-5-9-18-17(16-12-20(3)19-13(16)2)11-14-7-6-8-15(10-14)21-4/h6-8,10,12,17-18H,5,9,11H2,1-4H3. The number of hydrogen-bond donors (Lipinski definition) is 1. The molecule has 1 aromatic heterocycles. The average molecular weight is 287 g/mol. The molecule has 0 amide bonds. The van der Waals surface area contributed by atoms with Gasteiger partial charge in [-0.3, -0.25) is 4.68 Å². The monoisotopic (exact) mass is 287 g/mol. The van der Waals surface area contributed by atoms with Crippen molar-refractivity contribution in [3.8, 4) is 5.75 Å². The highest BCUT2D eigenvalue weighted by Gasteiger charge is 2.16. The van der Waals surface area contributed by atoms with Crippen LogP contribution >= 0.6 is 0 Å². The van der Waals surface area contributed by atoms with Gasteiger partial charge in [0.2, 0.25) is 0 Å². The maximum atomic E-state index is 5.31. The van der Waals surface area contributed by atoms with Crippen molar-refractivity contribution in [1.29, 1.82) is 0 Å². The molecule has 0 radical (unpaired) electrons. The summed E-state index contributed by atoms with van der Waals surface area (Å²) in [4.78, 5) is 0. The van der Waals surface area contributed by atoms with Gasteiger partial charge in [-0.1, -0.05) is 19.1 Å². The van der Waals surface area contributed by atoms with Crippen LogP contribution in [0.2, 0.25) is 0 Å². The number of aromatic nitrogens is 2. The summed E-state index contributed by atoms with van der Waals surface area (Å²) in [6, 6.07) is 8.56. The second-order valence-electron chi connectivity index (χ2n) is 5.41. The summed E-state index contributed by atoms with van der Waals surface area (Å²) < 4.78 is 7.20. The molecule has 0 fully saturated rings. The van der Waals surface area contributed by atoms with Gasteiger partial charge in [0.15, 0.2) is 0 Å². The zero-order chi connectivity index (χ0) is 15.2. The Kier molecular flexibility index (Phi) is 5.39. The summed E-state index contributed by atoms with van der Waals surface area (Å²) in [5, 5.41) is 8.10. The molecule has 1 N–H and O–H groups in total. The molecule has 114 valence electrons. The van der Waals surface area contributed by atoms with Crippen LogP contribution in [0.3, 0.4) is 0 Å². The minimum atomic E-state index is 0.283. The third-order valence-corrected chi connectivity index (χ3v) is 3.64. The van der Waals surface area contributed by atoms with E-state index < -0.39 is 0 Å². The minimum absolute atomic E-state index is 0.283. The Labute approximate surface area is 127 Å². The Morgan fingerprint density at radius 3 is 2.81 bits per heavy atom. The van der Waals surface area contributed by atoms with Gasteiger partial charge in [-0.25, -0.2) is 0 Å². The molecule has 0 aliphatic heterocycles. The molecule has 0 aliphatic rings. The first-order valence-corrected chi connectivity index (χ1v) is 7.50.